The number of hydrogen-bond donors (Lipinski definition) is 0. The molecule has 0 spiro atoms. The third kappa shape index (κ3) is 1.76. The molecule has 0 radical (unpaired) electrons. The van der Waals surface area contributed by atoms with Crippen LogP contribution in [-0.2, 0) is 4.79 Å². The van der Waals surface area contributed by atoms with Crippen LogP contribution in [0.1, 0.15) is 12.0 Å². The Balaban J connectivity index is 2.13. The van der Waals surface area contributed by atoms with E-state index in [9.17, 15) is 4.79 Å². The molecule has 1 aromatic heterocycles. The van der Waals surface area contributed by atoms with Gasteiger partial charge in [-0.2, -0.15) is 0 Å². The van der Waals surface area contributed by atoms with Crippen LogP contribution in [0.4, 0.5) is 5.69 Å². The monoisotopic (exact) mass is 190 g/mol. The maximum atomic E-state index is 10.6. The molecule has 2 rings (SSSR count). The van der Waals surface area contributed by atoms with Gasteiger partial charge in [-0.3, -0.25) is 4.98 Å². The highest BCUT2D eigenvalue weighted by Crippen LogP contribution is 2.22. The average molecular weight is 190 g/mol. The lowest BCUT2D eigenvalue weighted by molar-refractivity contribution is -0.110. The summed E-state index contributed by atoms with van der Waals surface area (Å²) in [5.74, 6) is 0.204. The van der Waals surface area contributed by atoms with E-state index < -0.39 is 0 Å². The van der Waals surface area contributed by atoms with E-state index in [1.54, 1.807) is 0 Å². The molecule has 1 fully saturated rings. The standard InChI is InChI=1S/C11H14N2O/c1-9-4-11(6-12-5-9)13-3-2-10(7-13)8-14/h4-6,8,10H,2-3,7H2,1H3. The van der Waals surface area contributed by atoms with Gasteiger partial charge in [-0.15, -0.1) is 0 Å². The van der Waals surface area contributed by atoms with Crippen molar-refractivity contribution in [1.82, 2.24) is 4.98 Å². The van der Waals surface area contributed by atoms with Crippen molar-refractivity contribution in [3.63, 3.8) is 0 Å². The highest BCUT2D eigenvalue weighted by molar-refractivity contribution is 5.58. The SMILES string of the molecule is Cc1cncc(N2CCC(C=O)C2)c1. The number of nitrogens with zero attached hydrogens (tertiary/aromatic N) is 2. The molecule has 0 N–H and O–H groups in total. The minimum atomic E-state index is 0.204. The van der Waals surface area contributed by atoms with Crippen LogP contribution < -0.4 is 4.90 Å². The van der Waals surface area contributed by atoms with Crippen molar-refractivity contribution in [2.75, 3.05) is 18.0 Å². The number of rotatable bonds is 2. The molecule has 0 amide bonds. The molecule has 3 heteroatoms. The minimum Gasteiger partial charge on any atom is -0.370 e. The van der Waals surface area contributed by atoms with Gasteiger partial charge in [-0.1, -0.05) is 0 Å². The van der Waals surface area contributed by atoms with E-state index in [1.165, 1.54) is 0 Å². The second-order valence-corrected chi connectivity index (χ2v) is 3.85. The third-order valence-electron chi connectivity index (χ3n) is 2.64. The summed E-state index contributed by atoms with van der Waals surface area (Å²) in [5, 5.41) is 0. The molecule has 1 aliphatic rings. The Bertz CT molecular complexity index is 338. The van der Waals surface area contributed by atoms with Crippen molar-refractivity contribution >= 4 is 12.0 Å². The molecule has 1 aliphatic heterocycles. The van der Waals surface area contributed by atoms with Gasteiger partial charge in [-0.05, 0) is 25.0 Å². The Labute approximate surface area is 83.8 Å². The maximum absolute atomic E-state index is 10.6. The molecule has 0 bridgehead atoms. The van der Waals surface area contributed by atoms with Crippen LogP contribution in [-0.4, -0.2) is 24.4 Å². The molecule has 3 nitrogen and oxygen atoms in total. The van der Waals surface area contributed by atoms with Crippen LogP contribution in [0.25, 0.3) is 0 Å². The Morgan fingerprint density at radius 1 is 1.57 bits per heavy atom. The van der Waals surface area contributed by atoms with E-state index in [4.69, 9.17) is 0 Å². The highest BCUT2D eigenvalue weighted by atomic mass is 16.1. The lowest BCUT2D eigenvalue weighted by Gasteiger charge is -2.17. The molecule has 1 atom stereocenters. The highest BCUT2D eigenvalue weighted by Gasteiger charge is 2.21. The molecule has 0 saturated carbocycles. The summed E-state index contributed by atoms with van der Waals surface area (Å²) in [6.07, 6.45) is 5.73. The van der Waals surface area contributed by atoms with E-state index in [1.807, 2.05) is 19.3 Å². The fraction of sp³-hybridized carbons (Fsp3) is 0.455. The minimum absolute atomic E-state index is 0.204. The van der Waals surface area contributed by atoms with Gasteiger partial charge in [0.15, 0.2) is 0 Å². The fourth-order valence-electron chi connectivity index (χ4n) is 1.84. The fourth-order valence-corrected chi connectivity index (χ4v) is 1.84. The number of hydrogen-bond acceptors (Lipinski definition) is 3. The summed E-state index contributed by atoms with van der Waals surface area (Å²) >= 11 is 0. The van der Waals surface area contributed by atoms with Gasteiger partial charge in [0.25, 0.3) is 0 Å². The lowest BCUT2D eigenvalue weighted by atomic mass is 10.1. The van der Waals surface area contributed by atoms with Gasteiger partial charge in [-0.25, -0.2) is 0 Å². The van der Waals surface area contributed by atoms with Crippen molar-refractivity contribution < 1.29 is 4.79 Å². The Morgan fingerprint density at radius 2 is 2.43 bits per heavy atom. The van der Waals surface area contributed by atoms with Crippen molar-refractivity contribution in [3.05, 3.63) is 24.0 Å². The third-order valence-corrected chi connectivity index (χ3v) is 2.64. The molecule has 0 aliphatic carbocycles. The number of anilines is 1. The normalized spacial score (nSPS) is 21.2. The van der Waals surface area contributed by atoms with Crippen LogP contribution in [0.2, 0.25) is 0 Å². The number of carbonyl (C=O) groups excluding carboxylic acids is 1. The second-order valence-electron chi connectivity index (χ2n) is 3.85. The van der Waals surface area contributed by atoms with Crippen LogP contribution in [0, 0.1) is 12.8 Å². The molecular formula is C11H14N2O. The van der Waals surface area contributed by atoms with Gasteiger partial charge in [0.05, 0.1) is 11.9 Å². The summed E-state index contributed by atoms with van der Waals surface area (Å²) < 4.78 is 0. The van der Waals surface area contributed by atoms with Crippen LogP contribution in [0.3, 0.4) is 0 Å². The van der Waals surface area contributed by atoms with Crippen molar-refractivity contribution in [3.8, 4) is 0 Å². The van der Waals surface area contributed by atoms with Crippen molar-refractivity contribution in [2.24, 2.45) is 5.92 Å². The van der Waals surface area contributed by atoms with Crippen LogP contribution in [0.15, 0.2) is 18.5 Å². The zero-order valence-corrected chi connectivity index (χ0v) is 8.31. The molecule has 1 aromatic rings. The van der Waals surface area contributed by atoms with E-state index in [0.29, 0.717) is 0 Å². The quantitative estimate of drug-likeness (QED) is 0.661. The van der Waals surface area contributed by atoms with Crippen LogP contribution in [0.5, 0.6) is 0 Å². The molecule has 1 saturated heterocycles. The Kier molecular flexibility index (Phi) is 2.48. The summed E-state index contributed by atoms with van der Waals surface area (Å²) in [6.45, 7) is 3.84. The first-order chi connectivity index (χ1) is 6.79. The van der Waals surface area contributed by atoms with E-state index >= 15 is 0 Å². The predicted molar refractivity (Wildman–Crippen MR) is 55.4 cm³/mol. The first-order valence-electron chi connectivity index (χ1n) is 4.91. The number of carbonyl (C=O) groups is 1. The van der Waals surface area contributed by atoms with E-state index in [0.717, 1.165) is 37.0 Å². The maximum Gasteiger partial charge on any atom is 0.124 e. The predicted octanol–water partition coefficient (Wildman–Crippen LogP) is 1.42. The van der Waals surface area contributed by atoms with Crippen molar-refractivity contribution in [2.45, 2.75) is 13.3 Å². The van der Waals surface area contributed by atoms with E-state index in [2.05, 4.69) is 16.0 Å². The van der Waals surface area contributed by atoms with Gasteiger partial charge in [0.1, 0.15) is 6.29 Å². The summed E-state index contributed by atoms with van der Waals surface area (Å²) in [7, 11) is 0. The summed E-state index contributed by atoms with van der Waals surface area (Å²) in [5.41, 5.74) is 2.30. The topological polar surface area (TPSA) is 33.2 Å². The molecule has 74 valence electrons. The van der Waals surface area contributed by atoms with E-state index in [-0.39, 0.29) is 5.92 Å². The molecule has 1 unspecified atom stereocenters. The number of aldehydes is 1. The summed E-state index contributed by atoms with van der Waals surface area (Å²) in [6, 6.07) is 2.11. The smallest absolute Gasteiger partial charge is 0.124 e. The zero-order chi connectivity index (χ0) is 9.97. The second kappa shape index (κ2) is 3.78. The van der Waals surface area contributed by atoms with Gasteiger partial charge in [0, 0.05) is 25.2 Å². The lowest BCUT2D eigenvalue weighted by Crippen LogP contribution is -2.20. The number of aryl methyl sites for hydroxylation is 1. The number of pyridine rings is 1. The average Bonchev–Trinajstić information content (AvgIpc) is 2.66. The molecule has 0 aromatic carbocycles. The van der Waals surface area contributed by atoms with Gasteiger partial charge >= 0.3 is 0 Å². The van der Waals surface area contributed by atoms with Gasteiger partial charge < -0.3 is 9.69 Å². The molecular weight excluding hydrogens is 176 g/mol. The molecule has 14 heavy (non-hydrogen) atoms. The first kappa shape index (κ1) is 9.19. The van der Waals surface area contributed by atoms with Gasteiger partial charge in [0.2, 0.25) is 0 Å². The first-order valence-corrected chi connectivity index (χ1v) is 4.91. The Hall–Kier alpha value is -1.38. The van der Waals surface area contributed by atoms with Crippen molar-refractivity contribution in [1.29, 1.82) is 0 Å². The van der Waals surface area contributed by atoms with Crippen LogP contribution >= 0.6 is 0 Å². The zero-order valence-electron chi connectivity index (χ0n) is 8.31. The summed E-state index contributed by atoms with van der Waals surface area (Å²) in [4.78, 5) is 17.0. The molecule has 2 heterocycles. The largest absolute Gasteiger partial charge is 0.370 e. The number of aromatic nitrogens is 1. The Morgan fingerprint density at radius 3 is 3.07 bits per heavy atom.